The second-order valence-electron chi connectivity index (χ2n) is 3.76. The molecule has 0 radical (unpaired) electrons. The molecule has 0 aliphatic heterocycles. The van der Waals surface area contributed by atoms with Gasteiger partial charge in [-0.2, -0.15) is 0 Å². The van der Waals surface area contributed by atoms with E-state index in [1.54, 1.807) is 11.3 Å². The summed E-state index contributed by atoms with van der Waals surface area (Å²) in [6.45, 7) is 2.22. The van der Waals surface area contributed by atoms with Crippen molar-refractivity contribution in [2.75, 3.05) is 7.05 Å². The molecule has 1 unspecified atom stereocenters. The van der Waals surface area contributed by atoms with E-state index < -0.39 is 0 Å². The summed E-state index contributed by atoms with van der Waals surface area (Å²) in [4.78, 5) is 5.67. The summed E-state index contributed by atoms with van der Waals surface area (Å²) >= 11 is 1.69. The lowest BCUT2D eigenvalue weighted by Crippen LogP contribution is -2.24. The van der Waals surface area contributed by atoms with Gasteiger partial charge in [0, 0.05) is 23.8 Å². The molecule has 0 aliphatic carbocycles. The van der Waals surface area contributed by atoms with Crippen LogP contribution in [-0.4, -0.2) is 22.5 Å². The Morgan fingerprint density at radius 1 is 1.60 bits per heavy atom. The van der Waals surface area contributed by atoms with Crippen molar-refractivity contribution in [1.82, 2.24) is 14.7 Å². The van der Waals surface area contributed by atoms with Crippen LogP contribution in [0.4, 0.5) is 0 Å². The normalized spacial score (nSPS) is 13.5. The molecule has 2 aromatic heterocycles. The average Bonchev–Trinajstić information content (AvgIpc) is 2.79. The largest absolute Gasteiger partial charge is 0.317 e. The van der Waals surface area contributed by atoms with E-state index in [1.165, 1.54) is 12.1 Å². The SMILES string of the molecule is CCC(CCc1cn2ccsc2n1)NC. The molecule has 0 aliphatic rings. The van der Waals surface area contributed by atoms with Gasteiger partial charge < -0.3 is 5.32 Å². The summed E-state index contributed by atoms with van der Waals surface area (Å²) in [5.74, 6) is 0. The lowest BCUT2D eigenvalue weighted by Gasteiger charge is -2.11. The maximum Gasteiger partial charge on any atom is 0.193 e. The van der Waals surface area contributed by atoms with Gasteiger partial charge in [0.05, 0.1) is 5.69 Å². The van der Waals surface area contributed by atoms with E-state index in [4.69, 9.17) is 0 Å². The van der Waals surface area contributed by atoms with Gasteiger partial charge in [0.1, 0.15) is 0 Å². The predicted molar refractivity (Wildman–Crippen MR) is 64.5 cm³/mol. The number of imidazole rings is 1. The molecule has 82 valence electrons. The average molecular weight is 223 g/mol. The Hall–Kier alpha value is -0.870. The summed E-state index contributed by atoms with van der Waals surface area (Å²) in [5, 5.41) is 5.38. The van der Waals surface area contributed by atoms with Crippen LogP contribution in [0.25, 0.3) is 4.96 Å². The van der Waals surface area contributed by atoms with Gasteiger partial charge in [-0.25, -0.2) is 4.98 Å². The standard InChI is InChI=1S/C11H17N3S/c1-3-9(12-2)4-5-10-8-14-6-7-15-11(14)13-10/h6-9,12H,3-5H2,1-2H3. The predicted octanol–water partition coefficient (Wildman–Crippen LogP) is 2.33. The first-order chi connectivity index (χ1) is 7.33. The smallest absolute Gasteiger partial charge is 0.193 e. The molecule has 0 spiro atoms. The Bertz CT molecular complexity index is 386. The number of aryl methyl sites for hydroxylation is 1. The van der Waals surface area contributed by atoms with Gasteiger partial charge in [-0.15, -0.1) is 11.3 Å². The summed E-state index contributed by atoms with van der Waals surface area (Å²) in [6, 6.07) is 0.615. The van der Waals surface area contributed by atoms with Gasteiger partial charge in [-0.3, -0.25) is 4.40 Å². The zero-order valence-corrected chi connectivity index (χ0v) is 10.0. The highest BCUT2D eigenvalue weighted by Crippen LogP contribution is 2.13. The van der Waals surface area contributed by atoms with Crippen molar-refractivity contribution in [3.05, 3.63) is 23.5 Å². The van der Waals surface area contributed by atoms with E-state index in [0.717, 1.165) is 17.8 Å². The van der Waals surface area contributed by atoms with E-state index in [2.05, 4.69) is 39.4 Å². The van der Waals surface area contributed by atoms with Gasteiger partial charge in [0.2, 0.25) is 0 Å². The van der Waals surface area contributed by atoms with Crippen molar-refractivity contribution in [2.24, 2.45) is 0 Å². The van der Waals surface area contributed by atoms with Crippen LogP contribution in [0.2, 0.25) is 0 Å². The van der Waals surface area contributed by atoms with Gasteiger partial charge in [0.25, 0.3) is 0 Å². The van der Waals surface area contributed by atoms with E-state index in [-0.39, 0.29) is 0 Å². The van der Waals surface area contributed by atoms with E-state index in [1.807, 2.05) is 7.05 Å². The molecule has 3 nitrogen and oxygen atoms in total. The van der Waals surface area contributed by atoms with Crippen molar-refractivity contribution >= 4 is 16.3 Å². The number of hydrogen-bond donors (Lipinski definition) is 1. The molecule has 2 rings (SSSR count). The molecule has 15 heavy (non-hydrogen) atoms. The van der Waals surface area contributed by atoms with Crippen LogP contribution in [0.1, 0.15) is 25.5 Å². The number of hydrogen-bond acceptors (Lipinski definition) is 3. The summed E-state index contributed by atoms with van der Waals surface area (Å²) in [5.41, 5.74) is 1.20. The molecule has 1 atom stereocenters. The molecule has 2 aromatic rings. The Balaban J connectivity index is 1.97. The highest BCUT2D eigenvalue weighted by molar-refractivity contribution is 7.15. The molecule has 0 aromatic carbocycles. The van der Waals surface area contributed by atoms with E-state index in [0.29, 0.717) is 6.04 Å². The second-order valence-corrected chi connectivity index (χ2v) is 4.63. The Morgan fingerprint density at radius 3 is 3.13 bits per heavy atom. The first kappa shape index (κ1) is 10.6. The molecule has 0 bridgehead atoms. The lowest BCUT2D eigenvalue weighted by molar-refractivity contribution is 0.507. The molecule has 0 saturated carbocycles. The number of thiazole rings is 1. The molecule has 0 fully saturated rings. The highest BCUT2D eigenvalue weighted by atomic mass is 32.1. The summed E-state index contributed by atoms with van der Waals surface area (Å²) in [6.07, 6.45) is 7.60. The first-order valence-corrected chi connectivity index (χ1v) is 6.29. The maximum atomic E-state index is 4.57. The van der Waals surface area contributed by atoms with Crippen LogP contribution in [0.15, 0.2) is 17.8 Å². The van der Waals surface area contributed by atoms with Crippen LogP contribution in [-0.2, 0) is 6.42 Å². The van der Waals surface area contributed by atoms with Crippen molar-refractivity contribution < 1.29 is 0 Å². The monoisotopic (exact) mass is 223 g/mol. The van der Waals surface area contributed by atoms with E-state index >= 15 is 0 Å². The third-order valence-electron chi connectivity index (χ3n) is 2.79. The number of nitrogens with zero attached hydrogens (tertiary/aromatic N) is 2. The second kappa shape index (κ2) is 4.77. The Morgan fingerprint density at radius 2 is 2.47 bits per heavy atom. The molecule has 0 amide bonds. The third-order valence-corrected chi connectivity index (χ3v) is 3.56. The van der Waals surface area contributed by atoms with Gasteiger partial charge in [-0.1, -0.05) is 6.92 Å². The number of rotatable bonds is 5. The topological polar surface area (TPSA) is 29.3 Å². The van der Waals surface area contributed by atoms with Crippen LogP contribution >= 0.6 is 11.3 Å². The van der Waals surface area contributed by atoms with Gasteiger partial charge in [0.15, 0.2) is 4.96 Å². The first-order valence-electron chi connectivity index (χ1n) is 5.41. The molecule has 1 N–H and O–H groups in total. The minimum Gasteiger partial charge on any atom is -0.317 e. The van der Waals surface area contributed by atoms with Crippen molar-refractivity contribution in [2.45, 2.75) is 32.2 Å². The van der Waals surface area contributed by atoms with Crippen molar-refractivity contribution in [3.63, 3.8) is 0 Å². The van der Waals surface area contributed by atoms with Crippen LogP contribution in [0.5, 0.6) is 0 Å². The lowest BCUT2D eigenvalue weighted by atomic mass is 10.1. The van der Waals surface area contributed by atoms with Crippen LogP contribution in [0, 0.1) is 0 Å². The van der Waals surface area contributed by atoms with Gasteiger partial charge >= 0.3 is 0 Å². The highest BCUT2D eigenvalue weighted by Gasteiger charge is 2.06. The molecular weight excluding hydrogens is 206 g/mol. The fourth-order valence-corrected chi connectivity index (χ4v) is 2.49. The Labute approximate surface area is 94.1 Å². The van der Waals surface area contributed by atoms with Crippen LogP contribution < -0.4 is 5.32 Å². The fraction of sp³-hybridized carbons (Fsp3) is 0.545. The number of aromatic nitrogens is 2. The van der Waals surface area contributed by atoms with Gasteiger partial charge in [-0.05, 0) is 26.3 Å². The van der Waals surface area contributed by atoms with Crippen molar-refractivity contribution in [3.8, 4) is 0 Å². The summed E-state index contributed by atoms with van der Waals surface area (Å²) in [7, 11) is 2.03. The van der Waals surface area contributed by atoms with Crippen molar-refractivity contribution in [1.29, 1.82) is 0 Å². The third kappa shape index (κ3) is 2.38. The fourth-order valence-electron chi connectivity index (χ4n) is 1.77. The number of fused-ring (bicyclic) bond motifs is 1. The zero-order valence-electron chi connectivity index (χ0n) is 9.23. The molecule has 0 saturated heterocycles. The minimum atomic E-state index is 0.615. The molecule has 4 heteroatoms. The minimum absolute atomic E-state index is 0.615. The van der Waals surface area contributed by atoms with Crippen LogP contribution in [0.3, 0.4) is 0 Å². The quantitative estimate of drug-likeness (QED) is 0.843. The maximum absolute atomic E-state index is 4.57. The number of nitrogens with one attached hydrogen (secondary N) is 1. The summed E-state index contributed by atoms with van der Waals surface area (Å²) < 4.78 is 2.10. The molecular formula is C11H17N3S. The zero-order chi connectivity index (χ0) is 10.7. The molecule has 2 heterocycles. The Kier molecular flexibility index (Phi) is 3.38. The van der Waals surface area contributed by atoms with E-state index in [9.17, 15) is 0 Å².